The molecule has 2 rings (SSSR count). The van der Waals surface area contributed by atoms with Gasteiger partial charge in [-0.2, -0.15) is 4.39 Å². The van der Waals surface area contributed by atoms with Crippen LogP contribution in [-0.4, -0.2) is 24.7 Å². The van der Waals surface area contributed by atoms with Crippen molar-refractivity contribution in [3.8, 4) is 0 Å². The van der Waals surface area contributed by atoms with E-state index in [1.165, 1.54) is 12.1 Å². The summed E-state index contributed by atoms with van der Waals surface area (Å²) in [7, 11) is 0. The molecule has 1 aromatic carbocycles. The Kier molecular flexibility index (Phi) is 4.22. The van der Waals surface area contributed by atoms with Crippen LogP contribution in [-0.2, 0) is 16.1 Å². The summed E-state index contributed by atoms with van der Waals surface area (Å²) in [6.45, 7) is 1.93. The molecule has 1 atom stereocenters. The van der Waals surface area contributed by atoms with Crippen molar-refractivity contribution in [2.24, 2.45) is 5.92 Å². The van der Waals surface area contributed by atoms with Gasteiger partial charge in [0.05, 0.1) is 24.7 Å². The Bertz CT molecular complexity index is 432. The topological polar surface area (TPSA) is 61.6 Å². The molecule has 0 aromatic heterocycles. The number of halogens is 1. The van der Waals surface area contributed by atoms with Crippen LogP contribution in [0.2, 0.25) is 0 Å². The average molecular weight is 255 g/mol. The van der Waals surface area contributed by atoms with Gasteiger partial charge in [0.15, 0.2) is 0 Å². The van der Waals surface area contributed by atoms with E-state index in [0.717, 1.165) is 19.1 Å². The Balaban J connectivity index is 1.92. The first-order chi connectivity index (χ1) is 8.68. The Labute approximate surface area is 104 Å². The van der Waals surface area contributed by atoms with E-state index in [4.69, 9.17) is 9.47 Å². The minimum Gasteiger partial charge on any atom is -0.381 e. The molecular formula is C12H14FNO4. The lowest BCUT2D eigenvalue weighted by molar-refractivity contribution is -0.387. The van der Waals surface area contributed by atoms with Crippen molar-refractivity contribution in [2.75, 3.05) is 19.8 Å². The highest BCUT2D eigenvalue weighted by Crippen LogP contribution is 2.21. The molecule has 1 aromatic rings. The molecule has 0 spiro atoms. The van der Waals surface area contributed by atoms with Gasteiger partial charge in [0.25, 0.3) is 0 Å². The van der Waals surface area contributed by atoms with Gasteiger partial charge >= 0.3 is 5.69 Å². The number of ether oxygens (including phenoxy) is 2. The lowest BCUT2D eigenvalue weighted by Gasteiger charge is -2.09. The fourth-order valence-electron chi connectivity index (χ4n) is 1.87. The van der Waals surface area contributed by atoms with Crippen LogP contribution in [0.25, 0.3) is 0 Å². The lowest BCUT2D eigenvalue weighted by Crippen LogP contribution is -2.10. The van der Waals surface area contributed by atoms with Crippen molar-refractivity contribution in [3.63, 3.8) is 0 Å². The highest BCUT2D eigenvalue weighted by atomic mass is 19.1. The summed E-state index contributed by atoms with van der Waals surface area (Å²) in [5, 5.41) is 10.6. The summed E-state index contributed by atoms with van der Waals surface area (Å²) >= 11 is 0. The number of hydrogen-bond donors (Lipinski definition) is 0. The average Bonchev–Trinajstić information content (AvgIpc) is 2.84. The highest BCUT2D eigenvalue weighted by molar-refractivity contribution is 5.36. The van der Waals surface area contributed by atoms with Crippen molar-refractivity contribution in [1.82, 2.24) is 0 Å². The van der Waals surface area contributed by atoms with Crippen molar-refractivity contribution < 1.29 is 18.8 Å². The smallest absolute Gasteiger partial charge is 0.305 e. The molecule has 0 bridgehead atoms. The van der Waals surface area contributed by atoms with E-state index < -0.39 is 16.4 Å². The highest BCUT2D eigenvalue weighted by Gasteiger charge is 2.19. The van der Waals surface area contributed by atoms with Gasteiger partial charge in [0.2, 0.25) is 5.82 Å². The van der Waals surface area contributed by atoms with E-state index in [2.05, 4.69) is 0 Å². The Hall–Kier alpha value is -1.53. The largest absolute Gasteiger partial charge is 0.381 e. The summed E-state index contributed by atoms with van der Waals surface area (Å²) in [5.74, 6) is -0.475. The Morgan fingerprint density at radius 2 is 2.39 bits per heavy atom. The molecule has 1 unspecified atom stereocenters. The monoisotopic (exact) mass is 255 g/mol. The zero-order chi connectivity index (χ0) is 13.0. The molecule has 1 heterocycles. The molecule has 0 saturated carbocycles. The maximum atomic E-state index is 13.7. The van der Waals surface area contributed by atoms with Crippen LogP contribution in [0.3, 0.4) is 0 Å². The molecular weight excluding hydrogens is 241 g/mol. The van der Waals surface area contributed by atoms with E-state index in [9.17, 15) is 14.5 Å². The summed E-state index contributed by atoms with van der Waals surface area (Å²) in [4.78, 5) is 9.83. The van der Waals surface area contributed by atoms with Gasteiger partial charge in [-0.25, -0.2) is 0 Å². The van der Waals surface area contributed by atoms with Crippen LogP contribution in [0.15, 0.2) is 18.2 Å². The number of benzene rings is 1. The second-order valence-corrected chi connectivity index (χ2v) is 4.25. The number of nitro benzene ring substituents is 1. The first kappa shape index (κ1) is 12.9. The molecule has 1 aliphatic heterocycles. The molecule has 6 heteroatoms. The third kappa shape index (κ3) is 3.02. The van der Waals surface area contributed by atoms with Crippen molar-refractivity contribution in [2.45, 2.75) is 13.0 Å². The predicted octanol–water partition coefficient (Wildman–Crippen LogP) is 2.29. The number of nitro groups is 1. The predicted molar refractivity (Wildman–Crippen MR) is 61.6 cm³/mol. The van der Waals surface area contributed by atoms with Gasteiger partial charge in [0.1, 0.15) is 0 Å². The molecule has 0 aliphatic carbocycles. The van der Waals surface area contributed by atoms with Crippen LogP contribution >= 0.6 is 0 Å². The van der Waals surface area contributed by atoms with E-state index in [1.807, 2.05) is 0 Å². The molecule has 1 aliphatic rings. The molecule has 5 nitrogen and oxygen atoms in total. The molecule has 0 radical (unpaired) electrons. The maximum absolute atomic E-state index is 13.7. The second-order valence-electron chi connectivity index (χ2n) is 4.25. The SMILES string of the molecule is O=[N+]([O-])c1cccc(COCC2CCOC2)c1F. The Morgan fingerprint density at radius 3 is 3.06 bits per heavy atom. The summed E-state index contributed by atoms with van der Waals surface area (Å²) in [6, 6.07) is 4.09. The van der Waals surface area contributed by atoms with Crippen LogP contribution in [0.4, 0.5) is 10.1 Å². The standard InChI is InChI=1S/C12H14FNO4/c13-12-10(2-1-3-11(12)14(15)16)8-18-7-9-4-5-17-6-9/h1-3,9H,4-8H2. The fourth-order valence-corrected chi connectivity index (χ4v) is 1.87. The third-order valence-corrected chi connectivity index (χ3v) is 2.89. The first-order valence-electron chi connectivity index (χ1n) is 5.75. The van der Waals surface area contributed by atoms with Crippen molar-refractivity contribution in [3.05, 3.63) is 39.7 Å². The molecule has 18 heavy (non-hydrogen) atoms. The van der Waals surface area contributed by atoms with Gasteiger partial charge in [-0.05, 0) is 6.42 Å². The van der Waals surface area contributed by atoms with Crippen LogP contribution in [0, 0.1) is 21.8 Å². The van der Waals surface area contributed by atoms with E-state index in [-0.39, 0.29) is 12.2 Å². The second kappa shape index (κ2) is 5.88. The minimum absolute atomic E-state index is 0.0456. The zero-order valence-corrected chi connectivity index (χ0v) is 9.80. The maximum Gasteiger partial charge on any atom is 0.305 e. The molecule has 98 valence electrons. The van der Waals surface area contributed by atoms with Crippen LogP contribution in [0.5, 0.6) is 0 Å². The molecule has 0 N–H and O–H groups in total. The first-order valence-corrected chi connectivity index (χ1v) is 5.75. The Morgan fingerprint density at radius 1 is 1.56 bits per heavy atom. The summed E-state index contributed by atoms with van der Waals surface area (Å²) in [5.41, 5.74) is -0.302. The summed E-state index contributed by atoms with van der Waals surface area (Å²) < 4.78 is 24.2. The fraction of sp³-hybridized carbons (Fsp3) is 0.500. The lowest BCUT2D eigenvalue weighted by atomic mass is 10.1. The minimum atomic E-state index is -0.815. The molecule has 1 saturated heterocycles. The van der Waals surface area contributed by atoms with Crippen LogP contribution < -0.4 is 0 Å². The molecule has 1 fully saturated rings. The van der Waals surface area contributed by atoms with Gasteiger partial charge in [-0.1, -0.05) is 12.1 Å². The zero-order valence-electron chi connectivity index (χ0n) is 9.80. The van der Waals surface area contributed by atoms with Gasteiger partial charge in [-0.3, -0.25) is 10.1 Å². The number of nitrogens with zero attached hydrogens (tertiary/aromatic N) is 1. The molecule has 0 amide bonds. The van der Waals surface area contributed by atoms with Gasteiger partial charge in [0, 0.05) is 24.2 Å². The van der Waals surface area contributed by atoms with Gasteiger partial charge in [-0.15, -0.1) is 0 Å². The summed E-state index contributed by atoms with van der Waals surface area (Å²) in [6.07, 6.45) is 0.942. The third-order valence-electron chi connectivity index (χ3n) is 2.89. The van der Waals surface area contributed by atoms with Crippen molar-refractivity contribution in [1.29, 1.82) is 0 Å². The van der Waals surface area contributed by atoms with Gasteiger partial charge < -0.3 is 9.47 Å². The van der Waals surface area contributed by atoms with Crippen molar-refractivity contribution >= 4 is 5.69 Å². The van der Waals surface area contributed by atoms with E-state index >= 15 is 0 Å². The number of rotatable bonds is 5. The normalized spacial score (nSPS) is 19.1. The quantitative estimate of drug-likeness (QED) is 0.598. The number of hydrogen-bond acceptors (Lipinski definition) is 4. The van der Waals surface area contributed by atoms with E-state index in [0.29, 0.717) is 19.1 Å². The van der Waals surface area contributed by atoms with E-state index in [1.54, 1.807) is 0 Å². The van der Waals surface area contributed by atoms with Crippen LogP contribution in [0.1, 0.15) is 12.0 Å².